The van der Waals surface area contributed by atoms with E-state index in [0.717, 1.165) is 30.4 Å². The van der Waals surface area contributed by atoms with E-state index in [1.54, 1.807) is 0 Å². The minimum atomic E-state index is -0.887. The van der Waals surface area contributed by atoms with Crippen molar-refractivity contribution in [1.82, 2.24) is 4.98 Å². The molecule has 1 aliphatic rings. The number of aromatic nitrogens is 1. The largest absolute Gasteiger partial charge is 0.477 e. The predicted octanol–water partition coefficient (Wildman–Crippen LogP) is 2.47. The Bertz CT molecular complexity index is 391. The standard InChI is InChI=1S/C11H16N2O2S/c1-7-3-4-13(8(2)5-7)11-12-6-9(16-11)10(14)15/h6-8H,3-5H2,1-2H3,(H,14,15). The second-order valence-corrected chi connectivity index (χ2v) is 5.49. The van der Waals surface area contributed by atoms with Gasteiger partial charge in [-0.25, -0.2) is 9.78 Å². The van der Waals surface area contributed by atoms with Crippen LogP contribution >= 0.6 is 11.3 Å². The second-order valence-electron chi connectivity index (χ2n) is 4.48. The molecule has 0 aliphatic carbocycles. The van der Waals surface area contributed by atoms with Gasteiger partial charge in [-0.3, -0.25) is 0 Å². The molecule has 4 nitrogen and oxygen atoms in total. The Kier molecular flexibility index (Phi) is 3.14. The van der Waals surface area contributed by atoms with Gasteiger partial charge >= 0.3 is 5.97 Å². The lowest BCUT2D eigenvalue weighted by Crippen LogP contribution is -2.40. The van der Waals surface area contributed by atoms with Crippen LogP contribution in [0.4, 0.5) is 5.13 Å². The van der Waals surface area contributed by atoms with Gasteiger partial charge in [0, 0.05) is 12.6 Å². The van der Waals surface area contributed by atoms with Crippen molar-refractivity contribution in [3.05, 3.63) is 11.1 Å². The number of carboxylic acids is 1. The summed E-state index contributed by atoms with van der Waals surface area (Å²) in [5.74, 6) is -0.132. The van der Waals surface area contributed by atoms with Gasteiger partial charge in [-0.05, 0) is 25.7 Å². The molecule has 2 rings (SSSR count). The summed E-state index contributed by atoms with van der Waals surface area (Å²) in [7, 11) is 0. The normalized spacial score (nSPS) is 25.8. The summed E-state index contributed by atoms with van der Waals surface area (Å²) in [6.07, 6.45) is 3.77. The van der Waals surface area contributed by atoms with Crippen LogP contribution in [0.5, 0.6) is 0 Å². The Morgan fingerprint density at radius 1 is 1.62 bits per heavy atom. The minimum Gasteiger partial charge on any atom is -0.477 e. The summed E-state index contributed by atoms with van der Waals surface area (Å²) in [5.41, 5.74) is 0. The molecule has 0 spiro atoms. The third kappa shape index (κ3) is 2.19. The maximum Gasteiger partial charge on any atom is 0.347 e. The SMILES string of the molecule is CC1CCN(c2ncc(C(=O)O)s2)C(C)C1. The van der Waals surface area contributed by atoms with Gasteiger partial charge in [0.25, 0.3) is 0 Å². The van der Waals surface area contributed by atoms with Crippen LogP contribution in [0, 0.1) is 5.92 Å². The summed E-state index contributed by atoms with van der Waals surface area (Å²) < 4.78 is 0. The molecule has 2 unspecified atom stereocenters. The van der Waals surface area contributed by atoms with E-state index < -0.39 is 5.97 Å². The molecule has 2 atom stereocenters. The lowest BCUT2D eigenvalue weighted by atomic mass is 9.94. The van der Waals surface area contributed by atoms with Crippen LogP contribution in [0.25, 0.3) is 0 Å². The number of thiazole rings is 1. The van der Waals surface area contributed by atoms with Gasteiger partial charge in [0.05, 0.1) is 6.20 Å². The number of anilines is 1. The van der Waals surface area contributed by atoms with E-state index in [-0.39, 0.29) is 0 Å². The average molecular weight is 240 g/mol. The van der Waals surface area contributed by atoms with Crippen molar-refractivity contribution in [3.8, 4) is 0 Å². The third-order valence-corrected chi connectivity index (χ3v) is 4.11. The van der Waals surface area contributed by atoms with Crippen molar-refractivity contribution < 1.29 is 9.90 Å². The fourth-order valence-electron chi connectivity index (χ4n) is 2.19. The molecule has 0 bridgehead atoms. The molecule has 16 heavy (non-hydrogen) atoms. The van der Waals surface area contributed by atoms with Gasteiger partial charge in [0.2, 0.25) is 0 Å². The second kappa shape index (κ2) is 4.41. The average Bonchev–Trinajstić information content (AvgIpc) is 2.66. The fourth-order valence-corrected chi connectivity index (χ4v) is 3.07. The van der Waals surface area contributed by atoms with Crippen molar-refractivity contribution in [3.63, 3.8) is 0 Å². The summed E-state index contributed by atoms with van der Waals surface area (Å²) >= 11 is 1.27. The zero-order valence-corrected chi connectivity index (χ0v) is 10.3. The highest BCUT2D eigenvalue weighted by molar-refractivity contribution is 7.17. The predicted molar refractivity (Wildman–Crippen MR) is 64.3 cm³/mol. The number of rotatable bonds is 2. The number of hydrogen-bond acceptors (Lipinski definition) is 4. The molecule has 1 saturated heterocycles. The molecule has 88 valence electrons. The van der Waals surface area contributed by atoms with E-state index >= 15 is 0 Å². The number of aromatic carboxylic acids is 1. The zero-order valence-electron chi connectivity index (χ0n) is 9.51. The van der Waals surface area contributed by atoms with Crippen molar-refractivity contribution in [2.75, 3.05) is 11.4 Å². The van der Waals surface area contributed by atoms with Crippen LogP contribution in [0.2, 0.25) is 0 Å². The first-order valence-electron chi connectivity index (χ1n) is 5.53. The molecule has 1 aromatic heterocycles. The topological polar surface area (TPSA) is 53.4 Å². The summed E-state index contributed by atoms with van der Waals surface area (Å²) in [4.78, 5) is 17.5. The molecular weight excluding hydrogens is 224 g/mol. The summed E-state index contributed by atoms with van der Waals surface area (Å²) in [5, 5.41) is 9.70. The Labute approximate surface area is 98.9 Å². The van der Waals surface area contributed by atoms with Crippen molar-refractivity contribution >= 4 is 22.4 Å². The van der Waals surface area contributed by atoms with Crippen LogP contribution in [-0.4, -0.2) is 28.6 Å². The Balaban J connectivity index is 2.14. The van der Waals surface area contributed by atoms with Crippen LogP contribution < -0.4 is 4.90 Å². The van der Waals surface area contributed by atoms with E-state index in [1.807, 2.05) is 0 Å². The van der Waals surface area contributed by atoms with Gasteiger partial charge in [-0.1, -0.05) is 18.3 Å². The maximum absolute atomic E-state index is 10.8. The quantitative estimate of drug-likeness (QED) is 0.862. The Hall–Kier alpha value is -1.10. The monoisotopic (exact) mass is 240 g/mol. The van der Waals surface area contributed by atoms with Gasteiger partial charge in [-0.15, -0.1) is 0 Å². The molecule has 1 fully saturated rings. The fraction of sp³-hybridized carbons (Fsp3) is 0.636. The molecule has 0 radical (unpaired) electrons. The van der Waals surface area contributed by atoms with E-state index in [9.17, 15) is 4.79 Å². The van der Waals surface area contributed by atoms with E-state index in [4.69, 9.17) is 5.11 Å². The first-order valence-corrected chi connectivity index (χ1v) is 6.35. The van der Waals surface area contributed by atoms with E-state index in [1.165, 1.54) is 17.5 Å². The number of carboxylic acid groups (broad SMARTS) is 1. The van der Waals surface area contributed by atoms with Crippen LogP contribution in [-0.2, 0) is 0 Å². The first-order chi connectivity index (χ1) is 7.58. The van der Waals surface area contributed by atoms with Crippen molar-refractivity contribution in [2.24, 2.45) is 5.92 Å². The molecular formula is C11H16N2O2S. The first kappa shape index (κ1) is 11.4. The highest BCUT2D eigenvalue weighted by Crippen LogP contribution is 2.30. The van der Waals surface area contributed by atoms with Gasteiger partial charge in [-0.2, -0.15) is 0 Å². The number of carbonyl (C=O) groups is 1. The maximum atomic E-state index is 10.8. The summed E-state index contributed by atoms with van der Waals surface area (Å²) in [6, 6.07) is 0.455. The van der Waals surface area contributed by atoms with E-state index in [0.29, 0.717) is 10.9 Å². The molecule has 0 amide bonds. The third-order valence-electron chi connectivity index (χ3n) is 3.09. The molecule has 2 heterocycles. The van der Waals surface area contributed by atoms with Crippen LogP contribution in [0.15, 0.2) is 6.20 Å². The smallest absolute Gasteiger partial charge is 0.347 e. The Morgan fingerprint density at radius 2 is 2.38 bits per heavy atom. The summed E-state index contributed by atoms with van der Waals surface area (Å²) in [6.45, 7) is 5.42. The number of nitrogens with zero attached hydrogens (tertiary/aromatic N) is 2. The molecule has 1 aliphatic heterocycles. The molecule has 5 heteroatoms. The van der Waals surface area contributed by atoms with Gasteiger partial charge in [0.1, 0.15) is 4.88 Å². The molecule has 1 N–H and O–H groups in total. The lowest BCUT2D eigenvalue weighted by molar-refractivity contribution is 0.0702. The number of hydrogen-bond donors (Lipinski definition) is 1. The minimum absolute atomic E-state index is 0.320. The molecule has 0 saturated carbocycles. The highest BCUT2D eigenvalue weighted by atomic mass is 32.1. The van der Waals surface area contributed by atoms with Crippen LogP contribution in [0.3, 0.4) is 0 Å². The zero-order chi connectivity index (χ0) is 11.7. The van der Waals surface area contributed by atoms with Gasteiger partial charge < -0.3 is 10.0 Å². The number of piperidine rings is 1. The van der Waals surface area contributed by atoms with Crippen molar-refractivity contribution in [1.29, 1.82) is 0 Å². The van der Waals surface area contributed by atoms with Gasteiger partial charge in [0.15, 0.2) is 5.13 Å². The molecule has 0 aromatic carbocycles. The van der Waals surface area contributed by atoms with Crippen LogP contribution in [0.1, 0.15) is 36.4 Å². The lowest BCUT2D eigenvalue weighted by Gasteiger charge is -2.36. The van der Waals surface area contributed by atoms with E-state index in [2.05, 4.69) is 23.7 Å². The molecule has 1 aromatic rings. The highest BCUT2D eigenvalue weighted by Gasteiger charge is 2.25. The van der Waals surface area contributed by atoms with Crippen molar-refractivity contribution in [2.45, 2.75) is 32.7 Å². The Morgan fingerprint density at radius 3 is 2.94 bits per heavy atom.